The van der Waals surface area contributed by atoms with Crippen molar-refractivity contribution in [1.29, 1.82) is 0 Å². The van der Waals surface area contributed by atoms with E-state index in [1.165, 1.54) is 31.4 Å². The highest BCUT2D eigenvalue weighted by atomic mass is 32.2. The van der Waals surface area contributed by atoms with Gasteiger partial charge in [0, 0.05) is 12.8 Å². The van der Waals surface area contributed by atoms with E-state index in [0.29, 0.717) is 16.7 Å². The molecule has 1 unspecified atom stereocenters. The van der Waals surface area contributed by atoms with Gasteiger partial charge in [-0.15, -0.1) is 0 Å². The SMILES string of the molecule is COC(=O)C(CN1C(=O)c2ccccc2C1=O)c1ccc(S(C)(=O)=O)cc1. The third-order valence-corrected chi connectivity index (χ3v) is 5.57. The molecule has 0 radical (unpaired) electrons. The van der Waals surface area contributed by atoms with Gasteiger partial charge in [0.1, 0.15) is 0 Å². The van der Waals surface area contributed by atoms with Gasteiger partial charge in [-0.2, -0.15) is 0 Å². The summed E-state index contributed by atoms with van der Waals surface area (Å²) >= 11 is 0. The van der Waals surface area contributed by atoms with Crippen LogP contribution in [-0.4, -0.2) is 51.0 Å². The summed E-state index contributed by atoms with van der Waals surface area (Å²) in [4.78, 5) is 38.5. The lowest BCUT2D eigenvalue weighted by Crippen LogP contribution is -2.36. The molecular formula is C19H17NO6S. The van der Waals surface area contributed by atoms with Crippen LogP contribution in [-0.2, 0) is 19.4 Å². The molecule has 0 bridgehead atoms. The molecule has 0 saturated heterocycles. The standard InChI is InChI=1S/C19H17NO6S/c1-26-19(23)16(12-7-9-13(10-8-12)27(2,24)25)11-20-17(21)14-5-3-4-6-15(14)18(20)22/h3-10,16H,11H2,1-2H3. The quantitative estimate of drug-likeness (QED) is 0.571. The Morgan fingerprint density at radius 3 is 1.96 bits per heavy atom. The first-order valence-corrected chi connectivity index (χ1v) is 9.96. The van der Waals surface area contributed by atoms with Crippen molar-refractivity contribution in [1.82, 2.24) is 4.90 Å². The lowest BCUT2D eigenvalue weighted by atomic mass is 9.98. The van der Waals surface area contributed by atoms with Crippen LogP contribution in [0.5, 0.6) is 0 Å². The fourth-order valence-electron chi connectivity index (χ4n) is 2.99. The van der Waals surface area contributed by atoms with Gasteiger partial charge in [0.05, 0.1) is 29.1 Å². The molecule has 2 aromatic carbocycles. The minimum absolute atomic E-state index is 0.107. The third-order valence-electron chi connectivity index (χ3n) is 4.44. The second-order valence-electron chi connectivity index (χ2n) is 6.18. The molecule has 7 nitrogen and oxygen atoms in total. The lowest BCUT2D eigenvalue weighted by molar-refractivity contribution is -0.142. The number of hydrogen-bond donors (Lipinski definition) is 0. The van der Waals surface area contributed by atoms with Crippen LogP contribution >= 0.6 is 0 Å². The Balaban J connectivity index is 1.92. The Hall–Kier alpha value is -3.00. The van der Waals surface area contributed by atoms with Gasteiger partial charge in [0.2, 0.25) is 0 Å². The van der Waals surface area contributed by atoms with Crippen LogP contribution in [0.3, 0.4) is 0 Å². The molecule has 27 heavy (non-hydrogen) atoms. The number of methoxy groups -OCH3 is 1. The summed E-state index contributed by atoms with van der Waals surface area (Å²) in [6, 6.07) is 12.2. The van der Waals surface area contributed by atoms with Crippen molar-refractivity contribution in [2.24, 2.45) is 0 Å². The van der Waals surface area contributed by atoms with E-state index in [0.717, 1.165) is 11.2 Å². The fraction of sp³-hybridized carbons (Fsp3) is 0.211. The third kappa shape index (κ3) is 3.48. The molecular weight excluding hydrogens is 370 g/mol. The second kappa shape index (κ2) is 6.96. The maximum absolute atomic E-state index is 12.5. The Bertz CT molecular complexity index is 991. The van der Waals surface area contributed by atoms with Crippen LogP contribution in [0.2, 0.25) is 0 Å². The zero-order chi connectivity index (χ0) is 19.8. The van der Waals surface area contributed by atoms with Crippen molar-refractivity contribution < 1.29 is 27.5 Å². The predicted molar refractivity (Wildman–Crippen MR) is 96.1 cm³/mol. The zero-order valence-corrected chi connectivity index (χ0v) is 15.5. The van der Waals surface area contributed by atoms with Crippen molar-refractivity contribution in [3.05, 3.63) is 65.2 Å². The number of rotatable bonds is 5. The minimum atomic E-state index is -3.38. The van der Waals surface area contributed by atoms with Crippen LogP contribution in [0.15, 0.2) is 53.4 Å². The molecule has 1 aliphatic heterocycles. The Morgan fingerprint density at radius 1 is 1.00 bits per heavy atom. The van der Waals surface area contributed by atoms with Crippen LogP contribution in [0.4, 0.5) is 0 Å². The van der Waals surface area contributed by atoms with Crippen LogP contribution in [0.25, 0.3) is 0 Å². The van der Waals surface area contributed by atoms with Gasteiger partial charge in [0.15, 0.2) is 9.84 Å². The van der Waals surface area contributed by atoms with Gasteiger partial charge in [0.25, 0.3) is 11.8 Å². The number of carbonyl (C=O) groups excluding carboxylic acids is 3. The maximum atomic E-state index is 12.5. The Morgan fingerprint density at radius 2 is 1.52 bits per heavy atom. The molecule has 1 heterocycles. The zero-order valence-electron chi connectivity index (χ0n) is 14.7. The first kappa shape index (κ1) is 18.8. The number of hydrogen-bond acceptors (Lipinski definition) is 6. The number of fused-ring (bicyclic) bond motifs is 1. The number of esters is 1. The maximum Gasteiger partial charge on any atom is 0.314 e. The number of nitrogens with zero attached hydrogens (tertiary/aromatic N) is 1. The molecule has 0 aromatic heterocycles. The van der Waals surface area contributed by atoms with E-state index in [1.807, 2.05) is 0 Å². The first-order chi connectivity index (χ1) is 12.7. The summed E-state index contributed by atoms with van der Waals surface area (Å²) < 4.78 is 28.0. The van der Waals surface area contributed by atoms with Crippen LogP contribution in [0, 0.1) is 0 Å². The van der Waals surface area contributed by atoms with Gasteiger partial charge >= 0.3 is 5.97 Å². The molecule has 0 N–H and O–H groups in total. The summed E-state index contributed by atoms with van der Waals surface area (Å²) in [5.41, 5.74) is 1.03. The molecule has 2 amide bonds. The van der Waals surface area contributed by atoms with Gasteiger partial charge in [-0.05, 0) is 29.8 Å². The van der Waals surface area contributed by atoms with E-state index in [9.17, 15) is 22.8 Å². The molecule has 1 aliphatic rings. The highest BCUT2D eigenvalue weighted by Gasteiger charge is 2.38. The molecule has 3 rings (SSSR count). The lowest BCUT2D eigenvalue weighted by Gasteiger charge is -2.21. The summed E-state index contributed by atoms with van der Waals surface area (Å²) in [6.07, 6.45) is 1.08. The molecule has 0 fully saturated rings. The monoisotopic (exact) mass is 387 g/mol. The van der Waals surface area contributed by atoms with Gasteiger partial charge in [-0.1, -0.05) is 24.3 Å². The number of benzene rings is 2. The number of ether oxygens (including phenoxy) is 1. The molecule has 1 atom stereocenters. The van der Waals surface area contributed by atoms with Crippen LogP contribution < -0.4 is 0 Å². The number of sulfone groups is 1. The minimum Gasteiger partial charge on any atom is -0.468 e. The number of amides is 2. The Kier molecular flexibility index (Phi) is 4.84. The fourth-order valence-corrected chi connectivity index (χ4v) is 3.62. The molecule has 8 heteroatoms. The first-order valence-electron chi connectivity index (χ1n) is 8.07. The number of carbonyl (C=O) groups is 3. The smallest absolute Gasteiger partial charge is 0.314 e. The van der Waals surface area contributed by atoms with E-state index in [-0.39, 0.29) is 11.4 Å². The van der Waals surface area contributed by atoms with Crippen molar-refractivity contribution in [2.45, 2.75) is 10.8 Å². The predicted octanol–water partition coefficient (Wildman–Crippen LogP) is 1.64. The van der Waals surface area contributed by atoms with E-state index in [4.69, 9.17) is 4.74 Å². The number of imide groups is 1. The second-order valence-corrected chi connectivity index (χ2v) is 8.20. The van der Waals surface area contributed by atoms with E-state index < -0.39 is 33.5 Å². The topological polar surface area (TPSA) is 97.8 Å². The van der Waals surface area contributed by atoms with Crippen molar-refractivity contribution in [3.63, 3.8) is 0 Å². The van der Waals surface area contributed by atoms with Crippen molar-refractivity contribution in [2.75, 3.05) is 19.9 Å². The van der Waals surface area contributed by atoms with Crippen molar-refractivity contribution in [3.8, 4) is 0 Å². The molecule has 0 spiro atoms. The molecule has 2 aromatic rings. The summed E-state index contributed by atoms with van der Waals surface area (Å²) in [7, 11) is -2.17. The molecule has 0 aliphatic carbocycles. The van der Waals surface area contributed by atoms with E-state index in [1.54, 1.807) is 24.3 Å². The average Bonchev–Trinajstić information content (AvgIpc) is 2.89. The highest BCUT2D eigenvalue weighted by molar-refractivity contribution is 7.90. The average molecular weight is 387 g/mol. The largest absolute Gasteiger partial charge is 0.468 e. The normalized spacial score (nSPS) is 14.8. The van der Waals surface area contributed by atoms with E-state index >= 15 is 0 Å². The Labute approximate surface area is 156 Å². The van der Waals surface area contributed by atoms with Gasteiger partial charge in [-0.3, -0.25) is 19.3 Å². The summed E-state index contributed by atoms with van der Waals surface area (Å²) in [6.45, 7) is -0.197. The van der Waals surface area contributed by atoms with Crippen LogP contribution in [0.1, 0.15) is 32.2 Å². The molecule has 140 valence electrons. The van der Waals surface area contributed by atoms with Gasteiger partial charge < -0.3 is 4.74 Å². The van der Waals surface area contributed by atoms with E-state index in [2.05, 4.69) is 0 Å². The summed E-state index contributed by atoms with van der Waals surface area (Å²) in [5.74, 6) is -2.50. The molecule has 0 saturated carbocycles. The highest BCUT2D eigenvalue weighted by Crippen LogP contribution is 2.27. The summed E-state index contributed by atoms with van der Waals surface area (Å²) in [5, 5.41) is 0. The van der Waals surface area contributed by atoms with Gasteiger partial charge in [-0.25, -0.2) is 8.42 Å². The van der Waals surface area contributed by atoms with Crippen molar-refractivity contribution >= 4 is 27.6 Å².